The zero-order valence-electron chi connectivity index (χ0n) is 13.9. The van der Waals surface area contributed by atoms with Crippen LogP contribution in [0.4, 0.5) is 19.1 Å². The number of hydrogen-bond donors (Lipinski definition) is 2. The molecule has 0 radical (unpaired) electrons. The van der Waals surface area contributed by atoms with E-state index >= 15 is 0 Å². The van der Waals surface area contributed by atoms with E-state index < -0.39 is 11.9 Å². The summed E-state index contributed by atoms with van der Waals surface area (Å²) < 4.78 is 37.8. The van der Waals surface area contributed by atoms with Crippen LogP contribution in [0, 0.1) is 5.92 Å². The second kappa shape index (κ2) is 8.16. The van der Waals surface area contributed by atoms with Crippen molar-refractivity contribution in [1.82, 2.24) is 20.2 Å². The van der Waals surface area contributed by atoms with E-state index in [-0.39, 0.29) is 5.95 Å². The van der Waals surface area contributed by atoms with Crippen molar-refractivity contribution in [3.8, 4) is 0 Å². The molecule has 9 heteroatoms. The zero-order valence-corrected chi connectivity index (χ0v) is 13.9. The number of aromatic nitrogens is 2. The van der Waals surface area contributed by atoms with E-state index in [1.807, 2.05) is 0 Å². The molecule has 0 saturated carbocycles. The number of piperidine rings is 1. The molecule has 2 rings (SSSR count). The number of nitrogens with zero attached hydrogens (tertiary/aromatic N) is 4. The maximum absolute atomic E-state index is 12.6. The molecule has 1 unspecified atom stereocenters. The molecule has 0 bridgehead atoms. The van der Waals surface area contributed by atoms with Crippen molar-refractivity contribution < 1.29 is 13.2 Å². The molecule has 0 spiro atoms. The molecule has 1 fully saturated rings. The van der Waals surface area contributed by atoms with Gasteiger partial charge in [0, 0.05) is 39.4 Å². The highest BCUT2D eigenvalue weighted by atomic mass is 19.4. The van der Waals surface area contributed by atoms with E-state index in [0.717, 1.165) is 37.7 Å². The van der Waals surface area contributed by atoms with Crippen molar-refractivity contribution in [2.24, 2.45) is 10.9 Å². The van der Waals surface area contributed by atoms with E-state index in [2.05, 4.69) is 37.4 Å². The van der Waals surface area contributed by atoms with Gasteiger partial charge in [0.2, 0.25) is 5.95 Å². The Morgan fingerprint density at radius 2 is 2.21 bits per heavy atom. The predicted octanol–water partition coefficient (Wildman–Crippen LogP) is 2.21. The Kier molecular flexibility index (Phi) is 6.22. The van der Waals surface area contributed by atoms with E-state index in [4.69, 9.17) is 0 Å². The van der Waals surface area contributed by atoms with Crippen LogP contribution in [0.15, 0.2) is 17.3 Å². The van der Waals surface area contributed by atoms with Crippen molar-refractivity contribution in [1.29, 1.82) is 0 Å². The topological polar surface area (TPSA) is 65.4 Å². The van der Waals surface area contributed by atoms with Gasteiger partial charge in [0.1, 0.15) is 5.69 Å². The summed E-state index contributed by atoms with van der Waals surface area (Å²) in [6, 6.07) is 0.850. The van der Waals surface area contributed by atoms with Gasteiger partial charge < -0.3 is 15.5 Å². The number of alkyl halides is 3. The predicted molar refractivity (Wildman–Crippen MR) is 86.9 cm³/mol. The van der Waals surface area contributed by atoms with Gasteiger partial charge in [0.05, 0.1) is 0 Å². The molecular weight excluding hydrogens is 321 g/mol. The third-order valence-corrected chi connectivity index (χ3v) is 3.81. The second-order valence-corrected chi connectivity index (χ2v) is 5.86. The molecule has 1 aliphatic rings. The summed E-state index contributed by atoms with van der Waals surface area (Å²) in [5.41, 5.74) is -0.953. The third kappa shape index (κ3) is 5.24. The van der Waals surface area contributed by atoms with Crippen molar-refractivity contribution in [2.45, 2.75) is 25.9 Å². The lowest BCUT2D eigenvalue weighted by Crippen LogP contribution is -2.47. The Balaban J connectivity index is 1.80. The van der Waals surface area contributed by atoms with Crippen LogP contribution in [-0.4, -0.2) is 54.1 Å². The van der Waals surface area contributed by atoms with E-state index in [0.29, 0.717) is 19.0 Å². The number of nitrogens with one attached hydrogen (secondary N) is 2. The third-order valence-electron chi connectivity index (χ3n) is 3.81. The fourth-order valence-corrected chi connectivity index (χ4v) is 2.66. The van der Waals surface area contributed by atoms with Crippen LogP contribution in [0.2, 0.25) is 0 Å². The molecule has 1 aromatic heterocycles. The number of guanidine groups is 1. The molecule has 1 saturated heterocycles. The number of likely N-dealkylation sites (tertiary alicyclic amines) is 1. The smallest absolute Gasteiger partial charge is 0.354 e. The van der Waals surface area contributed by atoms with Crippen LogP contribution in [-0.2, 0) is 6.18 Å². The Labute approximate surface area is 139 Å². The minimum Gasteiger partial charge on any atom is -0.354 e. The van der Waals surface area contributed by atoms with E-state index in [1.165, 1.54) is 6.42 Å². The normalized spacial score (nSPS) is 19.3. The van der Waals surface area contributed by atoms with Crippen LogP contribution in [0.25, 0.3) is 0 Å². The molecule has 2 heterocycles. The summed E-state index contributed by atoms with van der Waals surface area (Å²) in [5.74, 6) is 1.41. The van der Waals surface area contributed by atoms with Gasteiger partial charge in [-0.05, 0) is 24.8 Å². The maximum atomic E-state index is 12.6. The average Bonchev–Trinajstić information content (AvgIpc) is 2.54. The highest BCUT2D eigenvalue weighted by Crippen LogP contribution is 2.27. The molecular formula is C15H23F3N6. The maximum Gasteiger partial charge on any atom is 0.433 e. The number of hydrogen-bond acceptors (Lipinski definition) is 4. The molecule has 0 aromatic carbocycles. The van der Waals surface area contributed by atoms with Gasteiger partial charge in [-0.15, -0.1) is 0 Å². The molecule has 1 atom stereocenters. The molecule has 6 nitrogen and oxygen atoms in total. The Morgan fingerprint density at radius 3 is 2.88 bits per heavy atom. The average molecular weight is 344 g/mol. The van der Waals surface area contributed by atoms with Gasteiger partial charge >= 0.3 is 6.18 Å². The minimum absolute atomic E-state index is 0.0341. The van der Waals surface area contributed by atoms with Gasteiger partial charge in [-0.3, -0.25) is 4.99 Å². The summed E-state index contributed by atoms with van der Waals surface area (Å²) in [6.07, 6.45) is -1.01. The van der Waals surface area contributed by atoms with Crippen LogP contribution in [0.3, 0.4) is 0 Å². The molecule has 2 N–H and O–H groups in total. The van der Waals surface area contributed by atoms with Crippen LogP contribution in [0.5, 0.6) is 0 Å². The molecule has 24 heavy (non-hydrogen) atoms. The van der Waals surface area contributed by atoms with Crippen molar-refractivity contribution in [3.63, 3.8) is 0 Å². The number of aliphatic imine (C=N–C) groups is 1. The van der Waals surface area contributed by atoms with Gasteiger partial charge in [-0.25, -0.2) is 9.97 Å². The fraction of sp³-hybridized carbons (Fsp3) is 0.667. The first kappa shape index (κ1) is 18.3. The number of halogens is 3. The summed E-state index contributed by atoms with van der Waals surface area (Å²) in [6.45, 7) is 5.05. The highest BCUT2D eigenvalue weighted by Gasteiger charge is 2.32. The summed E-state index contributed by atoms with van der Waals surface area (Å²) in [5, 5.41) is 6.00. The molecule has 0 amide bonds. The Morgan fingerprint density at radius 1 is 1.42 bits per heavy atom. The quantitative estimate of drug-likeness (QED) is 0.498. The van der Waals surface area contributed by atoms with E-state index in [1.54, 1.807) is 7.05 Å². The Bertz CT molecular complexity index is 560. The first-order valence-corrected chi connectivity index (χ1v) is 8.00. The molecule has 1 aromatic rings. The highest BCUT2D eigenvalue weighted by molar-refractivity contribution is 5.80. The van der Waals surface area contributed by atoms with Crippen molar-refractivity contribution in [2.75, 3.05) is 38.5 Å². The van der Waals surface area contributed by atoms with Gasteiger partial charge in [0.15, 0.2) is 5.96 Å². The number of anilines is 1. The van der Waals surface area contributed by atoms with Crippen LogP contribution < -0.4 is 10.6 Å². The van der Waals surface area contributed by atoms with Crippen molar-refractivity contribution >= 4 is 11.9 Å². The lowest BCUT2D eigenvalue weighted by atomic mass is 10.0. The van der Waals surface area contributed by atoms with Crippen LogP contribution >= 0.6 is 0 Å². The monoisotopic (exact) mass is 344 g/mol. The first-order chi connectivity index (χ1) is 11.4. The van der Waals surface area contributed by atoms with Gasteiger partial charge in [-0.2, -0.15) is 13.2 Å². The summed E-state index contributed by atoms with van der Waals surface area (Å²) >= 11 is 0. The number of rotatable bonds is 4. The lowest BCUT2D eigenvalue weighted by molar-refractivity contribution is -0.141. The largest absolute Gasteiger partial charge is 0.433 e. The summed E-state index contributed by atoms with van der Waals surface area (Å²) in [7, 11) is 1.73. The van der Waals surface area contributed by atoms with Crippen molar-refractivity contribution in [3.05, 3.63) is 18.0 Å². The summed E-state index contributed by atoms with van der Waals surface area (Å²) in [4.78, 5) is 13.7. The standard InChI is InChI=1S/C15H23F3N6/c1-11-4-3-9-24(10-11)14(19-2)22-8-7-21-13-20-6-5-12(23-13)15(16,17)18/h5-6,11H,3-4,7-10H2,1-2H3,(H,19,22)(H,20,21,23). The van der Waals surface area contributed by atoms with Crippen LogP contribution in [0.1, 0.15) is 25.5 Å². The van der Waals surface area contributed by atoms with Gasteiger partial charge in [0.25, 0.3) is 0 Å². The zero-order chi connectivity index (χ0) is 17.6. The molecule has 0 aliphatic carbocycles. The second-order valence-electron chi connectivity index (χ2n) is 5.86. The molecule has 1 aliphatic heterocycles. The minimum atomic E-state index is -4.47. The fourth-order valence-electron chi connectivity index (χ4n) is 2.66. The SMILES string of the molecule is CN=C(NCCNc1nccc(C(F)(F)F)n1)N1CCCC(C)C1. The first-order valence-electron chi connectivity index (χ1n) is 8.00. The molecule has 134 valence electrons. The lowest BCUT2D eigenvalue weighted by Gasteiger charge is -2.33. The van der Waals surface area contributed by atoms with Gasteiger partial charge in [-0.1, -0.05) is 6.92 Å². The Hall–Kier alpha value is -2.06. The van der Waals surface area contributed by atoms with E-state index in [9.17, 15) is 13.2 Å².